The molecule has 2 rings (SSSR count). The Morgan fingerprint density at radius 2 is 2.06 bits per heavy atom. The fourth-order valence-electron chi connectivity index (χ4n) is 0.885. The van der Waals surface area contributed by atoms with Crippen molar-refractivity contribution in [1.82, 2.24) is 9.97 Å². The largest absolute Gasteiger partial charge is 0.366 e. The number of nitrogens with two attached hydrogens (primary N) is 1. The maximum Gasteiger partial charge on any atom is 0.250 e. The van der Waals surface area contributed by atoms with Crippen molar-refractivity contribution in [2.75, 3.05) is 0 Å². The summed E-state index contributed by atoms with van der Waals surface area (Å²) >= 11 is 0. The summed E-state index contributed by atoms with van der Waals surface area (Å²) in [6.45, 7) is 0. The summed E-state index contributed by atoms with van der Waals surface area (Å²) in [5, 5.41) is 0. The molecule has 16 heavy (non-hydrogen) atoms. The number of rotatable bonds is 1. The van der Waals surface area contributed by atoms with Gasteiger partial charge < -0.3 is 10.7 Å². The van der Waals surface area contributed by atoms with Gasteiger partial charge in [-0.25, -0.2) is 0 Å². The van der Waals surface area contributed by atoms with E-state index < -0.39 is 5.91 Å². The lowest BCUT2D eigenvalue weighted by molar-refractivity contribution is 0.1000. The number of nitrogens with zero attached hydrogens (tertiary/aromatic N) is 1. The van der Waals surface area contributed by atoms with Crippen LogP contribution < -0.4 is 11.3 Å². The summed E-state index contributed by atoms with van der Waals surface area (Å²) in [6.07, 6.45) is 4.62. The summed E-state index contributed by atoms with van der Waals surface area (Å²) in [6, 6.07) is 8.22. The molecular formula is C11H11N3O2. The number of aromatic nitrogens is 2. The smallest absolute Gasteiger partial charge is 0.250 e. The second-order valence-electron chi connectivity index (χ2n) is 2.83. The zero-order chi connectivity index (χ0) is 11.8. The van der Waals surface area contributed by atoms with Crippen molar-refractivity contribution >= 4 is 5.91 Å². The summed E-state index contributed by atoms with van der Waals surface area (Å²) in [7, 11) is 0. The first-order chi connectivity index (χ1) is 7.70. The van der Waals surface area contributed by atoms with Crippen LogP contribution in [0.4, 0.5) is 0 Å². The minimum Gasteiger partial charge on any atom is -0.366 e. The monoisotopic (exact) mass is 217 g/mol. The Kier molecular flexibility index (Phi) is 4.46. The first-order valence-corrected chi connectivity index (χ1v) is 4.53. The quantitative estimate of drug-likeness (QED) is 0.731. The van der Waals surface area contributed by atoms with Crippen LogP contribution in [0.3, 0.4) is 0 Å². The van der Waals surface area contributed by atoms with Gasteiger partial charge in [-0.2, -0.15) is 0 Å². The summed E-state index contributed by atoms with van der Waals surface area (Å²) in [5.74, 6) is -0.442. The molecule has 2 heterocycles. The van der Waals surface area contributed by atoms with Crippen LogP contribution in [-0.4, -0.2) is 15.9 Å². The molecule has 0 saturated carbocycles. The van der Waals surface area contributed by atoms with Gasteiger partial charge in [-0.15, -0.1) is 0 Å². The second-order valence-corrected chi connectivity index (χ2v) is 2.83. The first-order valence-electron chi connectivity index (χ1n) is 4.53. The minimum absolute atomic E-state index is 0.0532. The Morgan fingerprint density at radius 3 is 2.38 bits per heavy atom. The van der Waals surface area contributed by atoms with E-state index in [-0.39, 0.29) is 5.56 Å². The number of amides is 1. The highest BCUT2D eigenvalue weighted by atomic mass is 16.1. The van der Waals surface area contributed by atoms with E-state index in [1.165, 1.54) is 12.3 Å². The Bertz CT molecular complexity index is 476. The van der Waals surface area contributed by atoms with Gasteiger partial charge in [-0.3, -0.25) is 14.6 Å². The van der Waals surface area contributed by atoms with Crippen LogP contribution in [0.2, 0.25) is 0 Å². The molecule has 0 fully saturated rings. The van der Waals surface area contributed by atoms with Crippen LogP contribution in [0.25, 0.3) is 0 Å². The number of hydrogen-bond acceptors (Lipinski definition) is 3. The van der Waals surface area contributed by atoms with Crippen molar-refractivity contribution in [2.45, 2.75) is 0 Å². The van der Waals surface area contributed by atoms with Crippen molar-refractivity contribution in [2.24, 2.45) is 5.73 Å². The molecule has 0 aliphatic heterocycles. The zero-order valence-corrected chi connectivity index (χ0v) is 8.46. The summed E-state index contributed by atoms with van der Waals surface area (Å²) < 4.78 is 0. The number of nitrogens with one attached hydrogen (secondary N) is 1. The molecule has 3 N–H and O–H groups in total. The lowest BCUT2D eigenvalue weighted by Gasteiger charge is -1.88. The zero-order valence-electron chi connectivity index (χ0n) is 8.46. The van der Waals surface area contributed by atoms with Gasteiger partial charge in [0.05, 0.1) is 5.56 Å². The summed E-state index contributed by atoms with van der Waals surface area (Å²) in [4.78, 5) is 26.8. The number of pyridine rings is 2. The van der Waals surface area contributed by atoms with E-state index in [2.05, 4.69) is 9.97 Å². The van der Waals surface area contributed by atoms with Crippen LogP contribution >= 0.6 is 0 Å². The lowest BCUT2D eigenvalue weighted by Crippen LogP contribution is -2.10. The SMILES string of the molecule is NC(=O)c1cccnc1.O=c1cccc[nH]1. The second kappa shape index (κ2) is 6.13. The molecule has 2 aromatic rings. The molecule has 2 aromatic heterocycles. The van der Waals surface area contributed by atoms with Crippen molar-refractivity contribution in [3.8, 4) is 0 Å². The molecule has 0 saturated heterocycles. The van der Waals surface area contributed by atoms with Gasteiger partial charge >= 0.3 is 0 Å². The third-order valence-corrected chi connectivity index (χ3v) is 1.63. The van der Waals surface area contributed by atoms with Crippen molar-refractivity contribution in [1.29, 1.82) is 0 Å². The van der Waals surface area contributed by atoms with Crippen LogP contribution in [0, 0.1) is 0 Å². The topological polar surface area (TPSA) is 88.8 Å². The van der Waals surface area contributed by atoms with Gasteiger partial charge in [0.15, 0.2) is 0 Å². The highest BCUT2D eigenvalue weighted by Crippen LogP contribution is 1.91. The highest BCUT2D eigenvalue weighted by Gasteiger charge is 1.94. The Hall–Kier alpha value is -2.43. The highest BCUT2D eigenvalue weighted by molar-refractivity contribution is 5.92. The van der Waals surface area contributed by atoms with Crippen LogP contribution in [0.15, 0.2) is 53.7 Å². The van der Waals surface area contributed by atoms with Crippen molar-refractivity contribution in [3.63, 3.8) is 0 Å². The van der Waals surface area contributed by atoms with Crippen LogP contribution in [-0.2, 0) is 0 Å². The molecule has 1 amide bonds. The van der Waals surface area contributed by atoms with E-state index in [0.717, 1.165) is 0 Å². The number of primary amides is 1. The van der Waals surface area contributed by atoms with Gasteiger partial charge in [0.2, 0.25) is 11.5 Å². The third-order valence-electron chi connectivity index (χ3n) is 1.63. The average molecular weight is 217 g/mol. The van der Waals surface area contributed by atoms with Crippen molar-refractivity contribution < 1.29 is 4.79 Å². The lowest BCUT2D eigenvalue weighted by atomic mass is 10.3. The van der Waals surface area contributed by atoms with E-state index in [1.807, 2.05) is 0 Å². The first kappa shape index (κ1) is 11.6. The number of carbonyl (C=O) groups is 1. The predicted octanol–water partition coefficient (Wildman–Crippen LogP) is 0.555. The standard InChI is InChI=1S/C6H6N2O.C5H5NO/c7-6(9)5-2-1-3-8-4-5;7-5-3-1-2-4-6-5/h1-4H,(H2,7,9);1-4H,(H,6,7). The van der Waals surface area contributed by atoms with E-state index in [4.69, 9.17) is 5.73 Å². The molecule has 0 aliphatic rings. The molecule has 0 spiro atoms. The van der Waals surface area contributed by atoms with Gasteiger partial charge in [-0.1, -0.05) is 6.07 Å². The van der Waals surface area contributed by atoms with E-state index in [1.54, 1.807) is 36.7 Å². The molecule has 0 bridgehead atoms. The number of carbonyl (C=O) groups excluding carboxylic acids is 1. The number of aromatic amines is 1. The predicted molar refractivity (Wildman–Crippen MR) is 59.8 cm³/mol. The minimum atomic E-state index is -0.442. The maximum absolute atomic E-state index is 10.4. The summed E-state index contributed by atoms with van der Waals surface area (Å²) in [5.41, 5.74) is 5.32. The molecular weight excluding hydrogens is 206 g/mol. The number of hydrogen-bond donors (Lipinski definition) is 2. The van der Waals surface area contributed by atoms with Crippen LogP contribution in [0.1, 0.15) is 10.4 Å². The molecule has 0 unspecified atom stereocenters. The van der Waals surface area contributed by atoms with Gasteiger partial charge in [0.1, 0.15) is 0 Å². The van der Waals surface area contributed by atoms with Crippen molar-refractivity contribution in [3.05, 3.63) is 64.8 Å². The maximum atomic E-state index is 10.4. The van der Waals surface area contributed by atoms with E-state index in [0.29, 0.717) is 5.56 Å². The Balaban J connectivity index is 0.000000165. The third kappa shape index (κ3) is 4.19. The Labute approximate surface area is 92.0 Å². The molecule has 82 valence electrons. The van der Waals surface area contributed by atoms with Gasteiger partial charge in [0, 0.05) is 24.7 Å². The Morgan fingerprint density at radius 1 is 1.25 bits per heavy atom. The fraction of sp³-hybridized carbons (Fsp3) is 0. The van der Waals surface area contributed by atoms with E-state index >= 15 is 0 Å². The molecule has 0 atom stereocenters. The molecule has 5 nitrogen and oxygen atoms in total. The fourth-order valence-corrected chi connectivity index (χ4v) is 0.885. The van der Waals surface area contributed by atoms with Gasteiger partial charge in [-0.05, 0) is 18.2 Å². The molecule has 5 heteroatoms. The average Bonchev–Trinajstić information content (AvgIpc) is 2.32. The van der Waals surface area contributed by atoms with E-state index in [9.17, 15) is 9.59 Å². The van der Waals surface area contributed by atoms with Crippen LogP contribution in [0.5, 0.6) is 0 Å². The molecule has 0 aliphatic carbocycles. The van der Waals surface area contributed by atoms with Gasteiger partial charge in [0.25, 0.3) is 0 Å². The molecule has 0 radical (unpaired) electrons. The normalized spacial score (nSPS) is 8.75. The molecule has 0 aromatic carbocycles. The number of H-pyrrole nitrogens is 1.